The van der Waals surface area contributed by atoms with Crippen LogP contribution in [0.1, 0.15) is 109 Å². The van der Waals surface area contributed by atoms with Gasteiger partial charge in [-0.2, -0.15) is 0 Å². The van der Waals surface area contributed by atoms with Crippen LogP contribution in [-0.4, -0.2) is 77.2 Å². The van der Waals surface area contributed by atoms with Crippen LogP contribution in [0, 0.1) is 41.5 Å². The summed E-state index contributed by atoms with van der Waals surface area (Å²) in [5.74, 6) is 1.79. The Morgan fingerprint density at radius 2 is 1.43 bits per heavy atom. The molecule has 69 heavy (non-hydrogen) atoms. The molecule has 5 heterocycles. The Balaban J connectivity index is 0.000000208. The fraction of sp³-hybridized carbons (Fsp3) is 0.365. The van der Waals surface area contributed by atoms with Crippen molar-refractivity contribution >= 4 is 51.1 Å². The van der Waals surface area contributed by atoms with Crippen LogP contribution < -0.4 is 20.1 Å². The minimum atomic E-state index is -0.620. The lowest BCUT2D eigenvalue weighted by Gasteiger charge is -2.20. The number of anilines is 2. The standard InChI is InChI=1S/C29H35N5O4.C23H27N5O2S/c1-6-7-8-9-13-24(38-23-15-14-18(2)16-19(23)3)28(35)30-22-12-10-11-21(17-22)26-31-32-27-25(29(36)37-5)20(4)33-34(26)27;1-13-7-8-16(14(2)11-13)30-12-18(29)24-19-10-9-17(31-19)22-26-25-21-15(3)20(23(4,5)6)27-28(21)22/h10-12,14-17,24,33H,6-9,13H2,1-5H3,(H,30,35);7-11,27H,12H2,1-6H3,(H,24,29). The van der Waals surface area contributed by atoms with Gasteiger partial charge >= 0.3 is 5.97 Å². The first-order valence-electron chi connectivity index (χ1n) is 23.2. The zero-order chi connectivity index (χ0) is 49.6. The number of hydrogen-bond donors (Lipinski definition) is 4. The normalized spacial score (nSPS) is 11.9. The van der Waals surface area contributed by atoms with Crippen molar-refractivity contribution < 1.29 is 28.6 Å². The van der Waals surface area contributed by atoms with Crippen LogP contribution in [0.5, 0.6) is 11.5 Å². The molecule has 1 unspecified atom stereocenters. The number of rotatable bonds is 16. The van der Waals surface area contributed by atoms with Crippen molar-refractivity contribution in [2.45, 2.75) is 113 Å². The van der Waals surface area contributed by atoms with Crippen molar-refractivity contribution in [3.63, 3.8) is 0 Å². The van der Waals surface area contributed by atoms with E-state index in [4.69, 9.17) is 14.2 Å². The van der Waals surface area contributed by atoms with Gasteiger partial charge in [-0.25, -0.2) is 13.8 Å². The number of unbranched alkanes of at least 4 members (excludes halogenated alkanes) is 3. The highest BCUT2D eigenvalue weighted by Gasteiger charge is 2.26. The van der Waals surface area contributed by atoms with E-state index in [0.717, 1.165) is 97.6 Å². The van der Waals surface area contributed by atoms with Crippen LogP contribution in [0.25, 0.3) is 33.4 Å². The predicted molar refractivity (Wildman–Crippen MR) is 271 cm³/mol. The molecule has 8 rings (SSSR count). The van der Waals surface area contributed by atoms with Crippen molar-refractivity contribution in [2.75, 3.05) is 24.4 Å². The van der Waals surface area contributed by atoms with Crippen molar-refractivity contribution in [3.8, 4) is 33.6 Å². The molecular formula is C52H62N10O6S. The molecule has 4 N–H and O–H groups in total. The molecule has 0 aliphatic heterocycles. The predicted octanol–water partition coefficient (Wildman–Crippen LogP) is 10.8. The van der Waals surface area contributed by atoms with Crippen LogP contribution in [-0.2, 0) is 19.7 Å². The van der Waals surface area contributed by atoms with E-state index in [2.05, 4.69) is 81.9 Å². The second-order valence-corrected chi connectivity index (χ2v) is 19.5. The number of carbonyl (C=O) groups is 3. The van der Waals surface area contributed by atoms with Gasteiger partial charge in [0.15, 0.2) is 35.7 Å². The molecule has 17 heteroatoms. The van der Waals surface area contributed by atoms with Gasteiger partial charge < -0.3 is 24.8 Å². The molecule has 0 bridgehead atoms. The number of esters is 1. The number of hydrogen-bond acceptors (Lipinski definition) is 11. The van der Waals surface area contributed by atoms with Crippen LogP contribution in [0.15, 0.2) is 72.8 Å². The number of nitrogens with one attached hydrogen (secondary N) is 4. The molecular weight excluding hydrogens is 893 g/mol. The summed E-state index contributed by atoms with van der Waals surface area (Å²) in [5.41, 5.74) is 10.0. The first kappa shape index (κ1) is 49.6. The number of aromatic nitrogens is 8. The van der Waals surface area contributed by atoms with Crippen LogP contribution >= 0.6 is 11.3 Å². The van der Waals surface area contributed by atoms with Crippen LogP contribution in [0.3, 0.4) is 0 Å². The highest BCUT2D eigenvalue weighted by Crippen LogP contribution is 2.34. The Morgan fingerprint density at radius 3 is 2.12 bits per heavy atom. The van der Waals surface area contributed by atoms with E-state index in [0.29, 0.717) is 34.8 Å². The third-order valence-corrected chi connectivity index (χ3v) is 12.7. The molecule has 0 saturated carbocycles. The molecule has 0 radical (unpaired) electrons. The average molecular weight is 955 g/mol. The van der Waals surface area contributed by atoms with Gasteiger partial charge in [-0.3, -0.25) is 19.8 Å². The Bertz CT molecular complexity index is 3110. The van der Waals surface area contributed by atoms with E-state index in [-0.39, 0.29) is 23.8 Å². The first-order valence-corrected chi connectivity index (χ1v) is 24.0. The minimum Gasteiger partial charge on any atom is -0.483 e. The summed E-state index contributed by atoms with van der Waals surface area (Å²) >= 11 is 1.45. The molecule has 0 aliphatic rings. The molecule has 0 aliphatic carbocycles. The van der Waals surface area contributed by atoms with E-state index in [9.17, 15) is 14.4 Å². The summed E-state index contributed by atoms with van der Waals surface area (Å²) in [6.45, 7) is 20.5. The first-order chi connectivity index (χ1) is 32.9. The molecule has 3 aromatic carbocycles. The number of methoxy groups -OCH3 is 1. The average Bonchev–Trinajstić information content (AvgIpc) is 4.14. The molecule has 8 aromatic rings. The largest absolute Gasteiger partial charge is 0.483 e. The molecule has 0 spiro atoms. The number of carbonyl (C=O) groups excluding carboxylic acids is 3. The Kier molecular flexibility index (Phi) is 15.4. The Hall–Kier alpha value is -7.27. The lowest BCUT2D eigenvalue weighted by molar-refractivity contribution is -0.123. The Morgan fingerprint density at radius 1 is 0.754 bits per heavy atom. The molecule has 1 atom stereocenters. The number of nitrogens with zero attached hydrogens (tertiary/aromatic N) is 6. The number of aromatic amines is 2. The molecule has 16 nitrogen and oxygen atoms in total. The third kappa shape index (κ3) is 11.5. The van der Waals surface area contributed by atoms with Crippen LogP contribution in [0.2, 0.25) is 0 Å². The highest BCUT2D eigenvalue weighted by molar-refractivity contribution is 7.19. The molecule has 0 fully saturated rings. The van der Waals surface area contributed by atoms with Gasteiger partial charge in [0.2, 0.25) is 0 Å². The number of aryl methyl sites for hydroxylation is 6. The maximum absolute atomic E-state index is 13.4. The minimum absolute atomic E-state index is 0.0214. The fourth-order valence-electron chi connectivity index (χ4n) is 8.15. The molecule has 5 aromatic heterocycles. The van der Waals surface area contributed by atoms with Gasteiger partial charge in [0.05, 0.1) is 17.0 Å². The second-order valence-electron chi connectivity index (χ2n) is 18.4. The smallest absolute Gasteiger partial charge is 0.343 e. The number of H-pyrrole nitrogens is 2. The Labute approximate surface area is 406 Å². The summed E-state index contributed by atoms with van der Waals surface area (Å²) in [4.78, 5) is 38.9. The lowest BCUT2D eigenvalue weighted by atomic mass is 9.90. The van der Waals surface area contributed by atoms with Crippen molar-refractivity contribution in [3.05, 3.63) is 118 Å². The van der Waals surface area contributed by atoms with Crippen molar-refractivity contribution in [1.29, 1.82) is 0 Å². The number of ether oxygens (including phenoxy) is 3. The monoisotopic (exact) mass is 954 g/mol. The van der Waals surface area contributed by atoms with Gasteiger partial charge in [-0.15, -0.1) is 31.7 Å². The number of fused-ring (bicyclic) bond motifs is 2. The highest BCUT2D eigenvalue weighted by atomic mass is 32.1. The fourth-order valence-corrected chi connectivity index (χ4v) is 9.05. The maximum atomic E-state index is 13.4. The maximum Gasteiger partial charge on any atom is 0.343 e. The topological polar surface area (TPSA) is 195 Å². The SMILES string of the molecule is CCCCCCC(Oc1ccc(C)cc1C)C(=O)Nc1cccc(-c2nnc3c(C(=O)OC)c(C)[nH]n23)c1.Cc1ccc(OCC(=O)Nc2ccc(-c3nnc4c(C)c(C(C)(C)C)[nH]n34)s2)c(C)c1. The number of thiophene rings is 1. The van der Waals surface area contributed by atoms with Gasteiger partial charge in [-0.1, -0.05) is 94.5 Å². The lowest BCUT2D eigenvalue weighted by Crippen LogP contribution is -2.33. The molecule has 362 valence electrons. The summed E-state index contributed by atoms with van der Waals surface area (Å²) in [7, 11) is 1.33. The van der Waals surface area contributed by atoms with Crippen LogP contribution in [0.4, 0.5) is 10.7 Å². The van der Waals surface area contributed by atoms with Gasteiger partial charge in [0.25, 0.3) is 11.8 Å². The van der Waals surface area contributed by atoms with Gasteiger partial charge in [0.1, 0.15) is 17.1 Å². The van der Waals surface area contributed by atoms with Crippen molar-refractivity contribution in [1.82, 2.24) is 39.6 Å². The summed E-state index contributed by atoms with van der Waals surface area (Å²) in [6, 6.07) is 23.0. The summed E-state index contributed by atoms with van der Waals surface area (Å²) < 4.78 is 20.3. The number of benzene rings is 3. The van der Waals surface area contributed by atoms with E-state index in [1.54, 1.807) is 11.4 Å². The van der Waals surface area contributed by atoms with E-state index < -0.39 is 12.1 Å². The zero-order valence-electron chi connectivity index (χ0n) is 41.3. The van der Waals surface area contributed by atoms with Gasteiger partial charge in [0, 0.05) is 33.6 Å². The summed E-state index contributed by atoms with van der Waals surface area (Å²) in [5, 5.41) is 30.4. The third-order valence-electron chi connectivity index (χ3n) is 11.7. The van der Waals surface area contributed by atoms with E-state index >= 15 is 0 Å². The van der Waals surface area contributed by atoms with Crippen molar-refractivity contribution in [2.24, 2.45) is 0 Å². The molecule has 0 saturated heterocycles. The number of amides is 2. The second kappa shape index (κ2) is 21.4. The van der Waals surface area contributed by atoms with E-state index in [1.165, 1.54) is 18.4 Å². The quantitative estimate of drug-likeness (QED) is 0.0534. The van der Waals surface area contributed by atoms with Gasteiger partial charge in [-0.05, 0) is 102 Å². The molecule has 2 amide bonds. The van der Waals surface area contributed by atoms with E-state index in [1.807, 2.05) is 98.9 Å². The zero-order valence-corrected chi connectivity index (χ0v) is 42.1. The summed E-state index contributed by atoms with van der Waals surface area (Å²) in [6.07, 6.45) is 4.22.